The SMILES string of the molecule is CCN(CC)c1ccc(S(=O)(=O)N2CCOCC2)cc1NC(=O)c1sccc1C. The van der Waals surface area contributed by atoms with E-state index in [0.717, 1.165) is 24.3 Å². The van der Waals surface area contributed by atoms with Crippen LogP contribution in [-0.2, 0) is 14.8 Å². The van der Waals surface area contributed by atoms with Crippen LogP contribution in [0, 0.1) is 6.92 Å². The fourth-order valence-electron chi connectivity index (χ4n) is 3.34. The fraction of sp³-hybridized carbons (Fsp3) is 0.450. The van der Waals surface area contributed by atoms with Gasteiger partial charge in [-0.3, -0.25) is 4.79 Å². The molecule has 0 radical (unpaired) electrons. The Morgan fingerprint density at radius 1 is 1.21 bits per heavy atom. The van der Waals surface area contributed by atoms with E-state index in [0.29, 0.717) is 36.9 Å². The molecule has 1 amide bonds. The van der Waals surface area contributed by atoms with Gasteiger partial charge in [-0.2, -0.15) is 4.31 Å². The zero-order valence-electron chi connectivity index (χ0n) is 17.0. The van der Waals surface area contributed by atoms with Crippen LogP contribution in [-0.4, -0.2) is 58.0 Å². The average Bonchev–Trinajstić information content (AvgIpc) is 3.16. The number of ether oxygens (including phenoxy) is 1. The molecule has 1 aromatic carbocycles. The molecular formula is C20H27N3O4S2. The minimum absolute atomic E-state index is 0.175. The lowest BCUT2D eigenvalue weighted by Crippen LogP contribution is -2.40. The number of carbonyl (C=O) groups excluding carboxylic acids is 1. The van der Waals surface area contributed by atoms with Crippen LogP contribution >= 0.6 is 11.3 Å². The highest BCUT2D eigenvalue weighted by atomic mass is 32.2. The monoisotopic (exact) mass is 437 g/mol. The normalized spacial score (nSPS) is 15.3. The van der Waals surface area contributed by atoms with E-state index in [1.54, 1.807) is 18.2 Å². The van der Waals surface area contributed by atoms with Gasteiger partial charge in [-0.1, -0.05) is 0 Å². The number of hydrogen-bond acceptors (Lipinski definition) is 6. The molecule has 0 spiro atoms. The first-order chi connectivity index (χ1) is 13.9. The molecule has 2 heterocycles. The van der Waals surface area contributed by atoms with Gasteiger partial charge in [-0.25, -0.2) is 8.42 Å². The van der Waals surface area contributed by atoms with E-state index in [4.69, 9.17) is 4.74 Å². The second-order valence-corrected chi connectivity index (χ2v) is 9.61. The molecule has 1 N–H and O–H groups in total. The third-order valence-corrected chi connectivity index (χ3v) is 7.91. The number of thiophene rings is 1. The number of hydrogen-bond donors (Lipinski definition) is 1. The van der Waals surface area contributed by atoms with Gasteiger partial charge in [0, 0.05) is 26.2 Å². The first-order valence-electron chi connectivity index (χ1n) is 9.70. The Morgan fingerprint density at radius 3 is 2.48 bits per heavy atom. The van der Waals surface area contributed by atoms with Crippen LogP contribution in [0.4, 0.5) is 11.4 Å². The zero-order chi connectivity index (χ0) is 21.0. The summed E-state index contributed by atoms with van der Waals surface area (Å²) in [6.45, 7) is 8.85. The number of nitrogens with one attached hydrogen (secondary N) is 1. The predicted octanol–water partition coefficient (Wildman–Crippen LogP) is 3.18. The molecule has 3 rings (SSSR count). The van der Waals surface area contributed by atoms with Crippen LogP contribution in [0.25, 0.3) is 0 Å². The third kappa shape index (κ3) is 4.63. The second kappa shape index (κ2) is 9.25. The third-order valence-electron chi connectivity index (χ3n) is 5.00. The van der Waals surface area contributed by atoms with E-state index in [1.807, 2.05) is 32.2 Å². The molecule has 0 unspecified atom stereocenters. The van der Waals surface area contributed by atoms with E-state index < -0.39 is 10.0 Å². The number of amides is 1. The van der Waals surface area contributed by atoms with Gasteiger partial charge in [0.1, 0.15) is 0 Å². The molecule has 29 heavy (non-hydrogen) atoms. The molecular weight excluding hydrogens is 410 g/mol. The number of sulfonamides is 1. The second-order valence-electron chi connectivity index (χ2n) is 6.75. The van der Waals surface area contributed by atoms with Crippen molar-refractivity contribution in [1.29, 1.82) is 0 Å². The van der Waals surface area contributed by atoms with Crippen molar-refractivity contribution in [3.63, 3.8) is 0 Å². The van der Waals surface area contributed by atoms with E-state index in [1.165, 1.54) is 15.6 Å². The average molecular weight is 438 g/mol. The van der Waals surface area contributed by atoms with Crippen molar-refractivity contribution in [2.75, 3.05) is 49.6 Å². The first kappa shape index (κ1) is 21.8. The molecule has 1 saturated heterocycles. The largest absolute Gasteiger partial charge is 0.379 e. The van der Waals surface area contributed by atoms with Crippen LogP contribution in [0.15, 0.2) is 34.5 Å². The van der Waals surface area contributed by atoms with Gasteiger partial charge in [0.2, 0.25) is 10.0 Å². The molecule has 1 fully saturated rings. The quantitative estimate of drug-likeness (QED) is 0.720. The summed E-state index contributed by atoms with van der Waals surface area (Å²) in [7, 11) is -3.65. The van der Waals surface area contributed by atoms with Crippen molar-refractivity contribution in [3.8, 4) is 0 Å². The van der Waals surface area contributed by atoms with Crippen molar-refractivity contribution in [1.82, 2.24) is 4.31 Å². The fourth-order valence-corrected chi connectivity index (χ4v) is 5.59. The van der Waals surface area contributed by atoms with Crippen LogP contribution < -0.4 is 10.2 Å². The van der Waals surface area contributed by atoms with Crippen molar-refractivity contribution in [3.05, 3.63) is 40.1 Å². The van der Waals surface area contributed by atoms with Crippen LogP contribution in [0.1, 0.15) is 29.1 Å². The highest BCUT2D eigenvalue weighted by Gasteiger charge is 2.27. The van der Waals surface area contributed by atoms with E-state index >= 15 is 0 Å². The number of rotatable bonds is 7. The standard InChI is InChI=1S/C20H27N3O4S2/c1-4-22(5-2)18-7-6-16(29(25,26)23-9-11-27-12-10-23)14-17(18)21-20(24)19-15(3)8-13-28-19/h6-8,13-14H,4-5,9-12H2,1-3H3,(H,21,24). The van der Waals surface area contributed by atoms with Gasteiger partial charge < -0.3 is 15.0 Å². The summed E-state index contributed by atoms with van der Waals surface area (Å²) in [6, 6.07) is 6.85. The van der Waals surface area contributed by atoms with E-state index in [9.17, 15) is 13.2 Å². The van der Waals surface area contributed by atoms with Crippen molar-refractivity contribution in [2.24, 2.45) is 0 Å². The molecule has 1 aromatic heterocycles. The van der Waals surface area contributed by atoms with Crippen molar-refractivity contribution < 1.29 is 17.9 Å². The van der Waals surface area contributed by atoms with Crippen LogP contribution in [0.3, 0.4) is 0 Å². The van der Waals surface area contributed by atoms with Gasteiger partial charge in [0.15, 0.2) is 0 Å². The Bertz CT molecular complexity index is 962. The van der Waals surface area contributed by atoms with Crippen LogP contribution in [0.5, 0.6) is 0 Å². The summed E-state index contributed by atoms with van der Waals surface area (Å²) in [5.41, 5.74) is 2.20. The summed E-state index contributed by atoms with van der Waals surface area (Å²) in [5.74, 6) is -0.230. The minimum Gasteiger partial charge on any atom is -0.379 e. The molecule has 0 saturated carbocycles. The van der Waals surface area contributed by atoms with Gasteiger partial charge in [-0.05, 0) is 56.0 Å². The van der Waals surface area contributed by atoms with Crippen LogP contribution in [0.2, 0.25) is 0 Å². The van der Waals surface area contributed by atoms with Gasteiger partial charge in [-0.15, -0.1) is 11.3 Å². The molecule has 0 bridgehead atoms. The molecule has 1 aliphatic rings. The number of aryl methyl sites for hydroxylation is 1. The molecule has 9 heteroatoms. The minimum atomic E-state index is -3.65. The molecule has 0 atom stereocenters. The highest BCUT2D eigenvalue weighted by molar-refractivity contribution is 7.89. The smallest absolute Gasteiger partial charge is 0.266 e. The summed E-state index contributed by atoms with van der Waals surface area (Å²) >= 11 is 1.37. The zero-order valence-corrected chi connectivity index (χ0v) is 18.6. The lowest BCUT2D eigenvalue weighted by molar-refractivity contribution is 0.0730. The Kier molecular flexibility index (Phi) is 6.94. The maximum absolute atomic E-state index is 13.1. The number of benzene rings is 1. The molecule has 0 aliphatic carbocycles. The van der Waals surface area contributed by atoms with Crippen molar-refractivity contribution in [2.45, 2.75) is 25.7 Å². The number of morpholine rings is 1. The Labute approximate surface area is 176 Å². The van der Waals surface area contributed by atoms with Gasteiger partial charge >= 0.3 is 0 Å². The molecule has 2 aromatic rings. The maximum Gasteiger partial charge on any atom is 0.266 e. The summed E-state index contributed by atoms with van der Waals surface area (Å²) in [6.07, 6.45) is 0. The Hall–Kier alpha value is -1.94. The number of carbonyl (C=O) groups is 1. The Morgan fingerprint density at radius 2 is 1.90 bits per heavy atom. The van der Waals surface area contributed by atoms with E-state index in [2.05, 4.69) is 10.2 Å². The molecule has 158 valence electrons. The van der Waals surface area contributed by atoms with Gasteiger partial charge in [0.05, 0.1) is 34.4 Å². The van der Waals surface area contributed by atoms with Gasteiger partial charge in [0.25, 0.3) is 5.91 Å². The first-order valence-corrected chi connectivity index (χ1v) is 12.0. The maximum atomic E-state index is 13.1. The summed E-state index contributed by atoms with van der Waals surface area (Å²) < 4.78 is 32.8. The van der Waals surface area contributed by atoms with E-state index in [-0.39, 0.29) is 10.8 Å². The highest BCUT2D eigenvalue weighted by Crippen LogP contribution is 2.31. The molecule has 7 nitrogen and oxygen atoms in total. The summed E-state index contributed by atoms with van der Waals surface area (Å²) in [4.78, 5) is 15.7. The lowest BCUT2D eigenvalue weighted by Gasteiger charge is -2.28. The summed E-state index contributed by atoms with van der Waals surface area (Å²) in [5, 5.41) is 4.81. The molecule has 1 aliphatic heterocycles. The van der Waals surface area contributed by atoms with Crippen molar-refractivity contribution >= 4 is 38.6 Å². The topological polar surface area (TPSA) is 79.0 Å². The number of anilines is 2. The predicted molar refractivity (Wildman–Crippen MR) is 117 cm³/mol. The number of nitrogens with zero attached hydrogens (tertiary/aromatic N) is 2. The lowest BCUT2D eigenvalue weighted by atomic mass is 10.2. The Balaban J connectivity index is 1.99.